The molecule has 4 aromatic rings. The molecule has 0 heterocycles. The molecule has 0 bridgehead atoms. The maximum Gasteiger partial charge on any atom is 0.344 e. The first kappa shape index (κ1) is 30.3. The Bertz CT molecular complexity index is 1540. The lowest BCUT2D eigenvalue weighted by atomic mass is 10.1. The van der Waals surface area contributed by atoms with Crippen LogP contribution in [-0.2, 0) is 27.6 Å². The minimum Gasteiger partial charge on any atom is -0.479 e. The number of carboxylic acid groups (broad SMARTS) is 1. The van der Waals surface area contributed by atoms with Gasteiger partial charge in [0.25, 0.3) is 0 Å². The number of ether oxygens (including phenoxy) is 1. The third-order valence-corrected chi connectivity index (χ3v) is 8.68. The number of aliphatic carboxylic acids is 1. The van der Waals surface area contributed by atoms with Crippen molar-refractivity contribution in [2.24, 2.45) is 0 Å². The fourth-order valence-electron chi connectivity index (χ4n) is 4.35. The fraction of sp³-hybridized carbons (Fsp3) is 0.219. The van der Waals surface area contributed by atoms with E-state index in [9.17, 15) is 18.3 Å². The molecule has 0 aliphatic carbocycles. The van der Waals surface area contributed by atoms with Gasteiger partial charge in [0.1, 0.15) is 5.75 Å². The van der Waals surface area contributed by atoms with Crippen molar-refractivity contribution in [2.75, 3.05) is 13.1 Å². The maximum absolute atomic E-state index is 13.2. The van der Waals surface area contributed by atoms with E-state index in [4.69, 9.17) is 21.4 Å². The third-order valence-electron chi connectivity index (χ3n) is 6.66. The molecule has 4 rings (SSSR count). The molecule has 0 aliphatic heterocycles. The number of carboxylic acids is 1. The van der Waals surface area contributed by atoms with Gasteiger partial charge in [-0.25, -0.2) is 13.2 Å². The minimum absolute atomic E-state index is 0.0876. The zero-order valence-electron chi connectivity index (χ0n) is 22.6. The molecule has 214 valence electrons. The molecular weight excluding hydrogens is 562 g/mol. The summed E-state index contributed by atoms with van der Waals surface area (Å²) in [6.07, 6.45) is -1.11. The summed E-state index contributed by atoms with van der Waals surface area (Å²) < 4.78 is 31.6. The van der Waals surface area contributed by atoms with Gasteiger partial charge >= 0.3 is 5.97 Å². The largest absolute Gasteiger partial charge is 0.479 e. The Morgan fingerprint density at radius 2 is 1.51 bits per heavy atom. The van der Waals surface area contributed by atoms with Crippen molar-refractivity contribution < 1.29 is 28.2 Å². The highest BCUT2D eigenvalue weighted by atomic mass is 35.5. The molecule has 41 heavy (non-hydrogen) atoms. The molecule has 0 amide bonds. The lowest BCUT2D eigenvalue weighted by molar-refractivity contribution is -0.144. The van der Waals surface area contributed by atoms with Gasteiger partial charge < -0.3 is 14.9 Å². The molecule has 0 aliphatic rings. The number of rotatable bonds is 13. The summed E-state index contributed by atoms with van der Waals surface area (Å²) in [5, 5.41) is 20.5. The van der Waals surface area contributed by atoms with Crippen LogP contribution < -0.4 is 4.74 Å². The highest BCUT2D eigenvalue weighted by molar-refractivity contribution is 7.91. The fourth-order valence-corrected chi connectivity index (χ4v) is 5.81. The first-order chi connectivity index (χ1) is 19.6. The van der Waals surface area contributed by atoms with Gasteiger partial charge in [-0.3, -0.25) is 4.90 Å². The molecule has 7 nitrogen and oxygen atoms in total. The van der Waals surface area contributed by atoms with Crippen molar-refractivity contribution >= 4 is 27.4 Å². The normalized spacial score (nSPS) is 13.1. The smallest absolute Gasteiger partial charge is 0.344 e. The van der Waals surface area contributed by atoms with Gasteiger partial charge in [0, 0.05) is 24.7 Å². The molecule has 2 N–H and O–H groups in total. The van der Waals surface area contributed by atoms with E-state index in [0.717, 1.165) is 16.7 Å². The molecular formula is C32H32ClNO6S. The van der Waals surface area contributed by atoms with Gasteiger partial charge in [-0.05, 0) is 78.6 Å². The number of aliphatic hydroxyl groups excluding tert-OH is 1. The second-order valence-electron chi connectivity index (χ2n) is 9.76. The zero-order chi connectivity index (χ0) is 29.4. The van der Waals surface area contributed by atoms with Crippen LogP contribution in [0.5, 0.6) is 5.75 Å². The second kappa shape index (κ2) is 13.8. The minimum atomic E-state index is -3.77. The maximum atomic E-state index is 13.2. The lowest BCUT2D eigenvalue weighted by Crippen LogP contribution is -2.30. The SMILES string of the molecule is C[C@H](Oc1ccc(S(=O)(=O)c2ccc(CCN(Cc3ccccc3)C[C@H](O)c3cccc(Cl)c3)cc2)cc1)C(=O)O. The van der Waals surface area contributed by atoms with Gasteiger partial charge in [-0.1, -0.05) is 66.2 Å². The molecule has 0 saturated carbocycles. The molecule has 4 aromatic carbocycles. The summed E-state index contributed by atoms with van der Waals surface area (Å²) >= 11 is 6.12. The quantitative estimate of drug-likeness (QED) is 0.202. The summed E-state index contributed by atoms with van der Waals surface area (Å²) in [5.74, 6) is -0.836. The first-order valence-electron chi connectivity index (χ1n) is 13.1. The molecule has 2 atom stereocenters. The number of nitrogens with zero attached hydrogens (tertiary/aromatic N) is 1. The van der Waals surface area contributed by atoms with E-state index >= 15 is 0 Å². The predicted octanol–water partition coefficient (Wildman–Crippen LogP) is 5.80. The van der Waals surface area contributed by atoms with Crippen molar-refractivity contribution in [1.82, 2.24) is 4.90 Å². The van der Waals surface area contributed by atoms with Gasteiger partial charge in [-0.15, -0.1) is 0 Å². The number of benzene rings is 4. The number of hydrogen-bond acceptors (Lipinski definition) is 6. The van der Waals surface area contributed by atoms with Crippen LogP contribution in [0.25, 0.3) is 0 Å². The summed E-state index contributed by atoms with van der Waals surface area (Å²) in [6.45, 7) is 3.11. The summed E-state index contributed by atoms with van der Waals surface area (Å²) in [7, 11) is -3.77. The first-order valence-corrected chi connectivity index (χ1v) is 15.0. The van der Waals surface area contributed by atoms with Gasteiger partial charge in [0.05, 0.1) is 15.9 Å². The predicted molar refractivity (Wildman–Crippen MR) is 158 cm³/mol. The molecule has 0 unspecified atom stereocenters. The number of halogens is 1. The van der Waals surface area contributed by atoms with Crippen molar-refractivity contribution in [2.45, 2.75) is 41.9 Å². The highest BCUT2D eigenvalue weighted by Crippen LogP contribution is 2.25. The summed E-state index contributed by atoms with van der Waals surface area (Å²) in [4.78, 5) is 13.4. The Morgan fingerprint density at radius 1 is 0.878 bits per heavy atom. The van der Waals surface area contributed by atoms with E-state index in [-0.39, 0.29) is 15.5 Å². The highest BCUT2D eigenvalue weighted by Gasteiger charge is 2.19. The molecule has 0 aromatic heterocycles. The van der Waals surface area contributed by atoms with Crippen LogP contribution in [0.3, 0.4) is 0 Å². The van der Waals surface area contributed by atoms with E-state index in [0.29, 0.717) is 31.1 Å². The average molecular weight is 594 g/mol. The Kier molecular flexibility index (Phi) is 10.2. The molecule has 0 saturated heterocycles. The van der Waals surface area contributed by atoms with Crippen LogP contribution in [-0.4, -0.2) is 48.7 Å². The van der Waals surface area contributed by atoms with Crippen molar-refractivity contribution in [3.8, 4) is 5.75 Å². The second-order valence-corrected chi connectivity index (χ2v) is 12.1. The topological polar surface area (TPSA) is 104 Å². The summed E-state index contributed by atoms with van der Waals surface area (Å²) in [5.41, 5.74) is 2.84. The third kappa shape index (κ3) is 8.41. The number of hydrogen-bond donors (Lipinski definition) is 2. The van der Waals surface area contributed by atoms with Gasteiger partial charge in [-0.2, -0.15) is 0 Å². The standard InChI is InChI=1S/C32H32ClNO6S/c1-23(32(36)37)40-28-12-16-30(17-13-28)41(38,39)29-14-10-24(11-15-29)18-19-34(21-25-6-3-2-4-7-25)22-31(35)26-8-5-9-27(33)20-26/h2-17,20,23,31,35H,18-19,21-22H2,1H3,(H,36,37)/t23-,31-/m0/s1. The Balaban J connectivity index is 1.43. The van der Waals surface area contributed by atoms with Crippen LogP contribution in [0, 0.1) is 0 Å². The molecule has 9 heteroatoms. The van der Waals surface area contributed by atoms with Crippen LogP contribution in [0.15, 0.2) is 113 Å². The van der Waals surface area contributed by atoms with Gasteiger partial charge in [0.15, 0.2) is 6.10 Å². The van der Waals surface area contributed by atoms with Crippen LogP contribution in [0.1, 0.15) is 29.7 Å². The molecule has 0 spiro atoms. The number of sulfone groups is 1. The van der Waals surface area contributed by atoms with Crippen LogP contribution in [0.2, 0.25) is 5.02 Å². The van der Waals surface area contributed by atoms with E-state index in [2.05, 4.69) is 4.90 Å². The van der Waals surface area contributed by atoms with Crippen molar-refractivity contribution in [3.05, 3.63) is 125 Å². The number of carbonyl (C=O) groups is 1. The summed E-state index contributed by atoms with van der Waals surface area (Å²) in [6, 6.07) is 29.7. The molecule has 0 fully saturated rings. The lowest BCUT2D eigenvalue weighted by Gasteiger charge is -2.25. The van der Waals surface area contributed by atoms with E-state index in [1.54, 1.807) is 36.4 Å². The Morgan fingerprint density at radius 3 is 2.12 bits per heavy atom. The van der Waals surface area contributed by atoms with Crippen molar-refractivity contribution in [3.63, 3.8) is 0 Å². The van der Waals surface area contributed by atoms with Crippen molar-refractivity contribution in [1.29, 1.82) is 0 Å². The van der Waals surface area contributed by atoms with Gasteiger partial charge in [0.2, 0.25) is 9.84 Å². The van der Waals surface area contributed by atoms with E-state index in [1.165, 1.54) is 31.2 Å². The van der Waals surface area contributed by atoms with E-state index < -0.39 is 28.0 Å². The van der Waals surface area contributed by atoms with Crippen LogP contribution >= 0.6 is 11.6 Å². The Labute approximate surface area is 245 Å². The molecule has 0 radical (unpaired) electrons. The monoisotopic (exact) mass is 593 g/mol. The zero-order valence-corrected chi connectivity index (χ0v) is 24.1. The Hall–Kier alpha value is -3.69. The van der Waals surface area contributed by atoms with E-state index in [1.807, 2.05) is 42.5 Å². The average Bonchev–Trinajstić information content (AvgIpc) is 2.97. The van der Waals surface area contributed by atoms with Crippen LogP contribution in [0.4, 0.5) is 0 Å². The number of aliphatic hydroxyl groups is 1.